The molecule has 1 heterocycles. The molecule has 0 saturated carbocycles. The topological polar surface area (TPSA) is 45.0 Å². The van der Waals surface area contributed by atoms with Crippen LogP contribution in [0.4, 0.5) is 0 Å². The van der Waals surface area contributed by atoms with E-state index in [-0.39, 0.29) is 0 Å². The van der Waals surface area contributed by atoms with Crippen molar-refractivity contribution < 1.29 is 4.74 Å². The van der Waals surface area contributed by atoms with Gasteiger partial charge in [0.2, 0.25) is 0 Å². The minimum Gasteiger partial charge on any atom is -0.495 e. The summed E-state index contributed by atoms with van der Waals surface area (Å²) in [6.07, 6.45) is 1.15. The molecule has 1 fully saturated rings. The van der Waals surface area contributed by atoms with Crippen LogP contribution in [0, 0.1) is 11.3 Å². The van der Waals surface area contributed by atoms with Crippen LogP contribution in [0.3, 0.4) is 0 Å². The molecule has 0 aromatic heterocycles. The highest BCUT2D eigenvalue weighted by molar-refractivity contribution is 5.46. The SMILES string of the molecule is COc1ccc(C2CCNC2)cc1C#N. The second-order valence-corrected chi connectivity index (χ2v) is 3.76. The van der Waals surface area contributed by atoms with Crippen LogP contribution in [0.25, 0.3) is 0 Å². The molecule has 1 unspecified atom stereocenters. The van der Waals surface area contributed by atoms with Crippen LogP contribution >= 0.6 is 0 Å². The maximum atomic E-state index is 8.97. The molecule has 0 radical (unpaired) electrons. The van der Waals surface area contributed by atoms with Crippen LogP contribution < -0.4 is 10.1 Å². The summed E-state index contributed by atoms with van der Waals surface area (Å²) in [5.41, 5.74) is 1.86. The lowest BCUT2D eigenvalue weighted by molar-refractivity contribution is 0.413. The highest BCUT2D eigenvalue weighted by atomic mass is 16.5. The van der Waals surface area contributed by atoms with Gasteiger partial charge in [0.1, 0.15) is 11.8 Å². The van der Waals surface area contributed by atoms with E-state index in [1.54, 1.807) is 7.11 Å². The molecule has 1 aliphatic rings. The molecule has 1 aromatic carbocycles. The average molecular weight is 202 g/mol. The molecule has 1 N–H and O–H groups in total. The third-order valence-corrected chi connectivity index (χ3v) is 2.88. The van der Waals surface area contributed by atoms with E-state index in [0.29, 0.717) is 17.2 Å². The Hall–Kier alpha value is -1.53. The molecule has 0 aliphatic carbocycles. The van der Waals surface area contributed by atoms with E-state index in [9.17, 15) is 0 Å². The highest BCUT2D eigenvalue weighted by Gasteiger charge is 2.17. The first-order chi connectivity index (χ1) is 7.35. The quantitative estimate of drug-likeness (QED) is 0.793. The first-order valence-corrected chi connectivity index (χ1v) is 5.14. The number of nitrogens with zero attached hydrogens (tertiary/aromatic N) is 1. The number of benzene rings is 1. The summed E-state index contributed by atoms with van der Waals surface area (Å²) in [7, 11) is 1.59. The number of nitriles is 1. The number of nitrogens with one attached hydrogen (secondary N) is 1. The van der Waals surface area contributed by atoms with Crippen molar-refractivity contribution >= 4 is 0 Å². The fraction of sp³-hybridized carbons (Fsp3) is 0.417. The zero-order valence-corrected chi connectivity index (χ0v) is 8.79. The largest absolute Gasteiger partial charge is 0.495 e. The molecule has 0 amide bonds. The third kappa shape index (κ3) is 1.95. The summed E-state index contributed by atoms with van der Waals surface area (Å²) >= 11 is 0. The summed E-state index contributed by atoms with van der Waals surface area (Å²) in [5, 5.41) is 12.3. The Bertz CT molecular complexity index is 389. The molecule has 15 heavy (non-hydrogen) atoms. The Labute approximate surface area is 89.7 Å². The van der Waals surface area contributed by atoms with Crippen molar-refractivity contribution in [3.05, 3.63) is 29.3 Å². The van der Waals surface area contributed by atoms with Crippen molar-refractivity contribution in [2.45, 2.75) is 12.3 Å². The van der Waals surface area contributed by atoms with Gasteiger partial charge in [-0.2, -0.15) is 5.26 Å². The second-order valence-electron chi connectivity index (χ2n) is 3.76. The lowest BCUT2D eigenvalue weighted by Gasteiger charge is -2.10. The van der Waals surface area contributed by atoms with Gasteiger partial charge < -0.3 is 10.1 Å². The summed E-state index contributed by atoms with van der Waals surface area (Å²) in [6, 6.07) is 8.04. The van der Waals surface area contributed by atoms with Crippen molar-refractivity contribution in [1.29, 1.82) is 5.26 Å². The van der Waals surface area contributed by atoms with Gasteiger partial charge in [0.05, 0.1) is 12.7 Å². The standard InChI is InChI=1S/C12H14N2O/c1-15-12-3-2-9(6-11(12)7-13)10-4-5-14-8-10/h2-3,6,10,14H,4-5,8H2,1H3. The fourth-order valence-corrected chi connectivity index (χ4v) is 2.01. The van der Waals surface area contributed by atoms with E-state index in [0.717, 1.165) is 19.5 Å². The van der Waals surface area contributed by atoms with E-state index in [2.05, 4.69) is 17.5 Å². The fourth-order valence-electron chi connectivity index (χ4n) is 2.01. The van der Waals surface area contributed by atoms with Gasteiger partial charge in [-0.05, 0) is 36.6 Å². The Balaban J connectivity index is 2.30. The van der Waals surface area contributed by atoms with E-state index < -0.39 is 0 Å². The Morgan fingerprint density at radius 2 is 2.40 bits per heavy atom. The van der Waals surface area contributed by atoms with E-state index in [1.807, 2.05) is 12.1 Å². The maximum Gasteiger partial charge on any atom is 0.136 e. The first-order valence-electron chi connectivity index (χ1n) is 5.14. The maximum absolute atomic E-state index is 8.97. The highest BCUT2D eigenvalue weighted by Crippen LogP contribution is 2.27. The van der Waals surface area contributed by atoms with E-state index in [4.69, 9.17) is 10.00 Å². The molecule has 3 nitrogen and oxygen atoms in total. The predicted molar refractivity (Wildman–Crippen MR) is 57.9 cm³/mol. The second kappa shape index (κ2) is 4.33. The van der Waals surface area contributed by atoms with Crippen molar-refractivity contribution in [1.82, 2.24) is 5.32 Å². The zero-order valence-electron chi connectivity index (χ0n) is 8.79. The molecule has 3 heteroatoms. The van der Waals surface area contributed by atoms with Gasteiger partial charge >= 0.3 is 0 Å². The van der Waals surface area contributed by atoms with Gasteiger partial charge in [0.15, 0.2) is 0 Å². The minimum atomic E-state index is 0.544. The molecule has 1 atom stereocenters. The summed E-state index contributed by atoms with van der Waals surface area (Å²) in [5.74, 6) is 1.20. The van der Waals surface area contributed by atoms with Crippen LogP contribution in [0.5, 0.6) is 5.75 Å². The molecule has 78 valence electrons. The Morgan fingerprint density at radius 3 is 3.00 bits per heavy atom. The molecule has 1 saturated heterocycles. The normalized spacial score (nSPS) is 19.9. The summed E-state index contributed by atoms with van der Waals surface area (Å²) in [6.45, 7) is 2.08. The molecule has 0 bridgehead atoms. The third-order valence-electron chi connectivity index (χ3n) is 2.88. The van der Waals surface area contributed by atoms with Gasteiger partial charge in [0.25, 0.3) is 0 Å². The summed E-state index contributed by atoms with van der Waals surface area (Å²) < 4.78 is 5.12. The van der Waals surface area contributed by atoms with Crippen LogP contribution in [0.2, 0.25) is 0 Å². The van der Waals surface area contributed by atoms with Crippen LogP contribution in [-0.2, 0) is 0 Å². The molecule has 1 aromatic rings. The molecule has 0 spiro atoms. The zero-order chi connectivity index (χ0) is 10.7. The van der Waals surface area contributed by atoms with Crippen molar-refractivity contribution in [2.75, 3.05) is 20.2 Å². The van der Waals surface area contributed by atoms with Crippen molar-refractivity contribution in [3.8, 4) is 11.8 Å². The van der Waals surface area contributed by atoms with Crippen LogP contribution in [-0.4, -0.2) is 20.2 Å². The number of hydrogen-bond acceptors (Lipinski definition) is 3. The molecule has 1 aliphatic heterocycles. The van der Waals surface area contributed by atoms with Gasteiger partial charge in [-0.15, -0.1) is 0 Å². The lowest BCUT2D eigenvalue weighted by Crippen LogP contribution is -2.08. The van der Waals surface area contributed by atoms with Gasteiger partial charge in [-0.25, -0.2) is 0 Å². The monoisotopic (exact) mass is 202 g/mol. The number of rotatable bonds is 2. The predicted octanol–water partition coefficient (Wildman–Crippen LogP) is 1.64. The van der Waals surface area contributed by atoms with Gasteiger partial charge in [-0.1, -0.05) is 6.07 Å². The molecular formula is C12H14N2O. The Morgan fingerprint density at radius 1 is 1.53 bits per heavy atom. The minimum absolute atomic E-state index is 0.544. The van der Waals surface area contributed by atoms with Crippen LogP contribution in [0.1, 0.15) is 23.5 Å². The van der Waals surface area contributed by atoms with Crippen molar-refractivity contribution in [3.63, 3.8) is 0 Å². The Kier molecular flexibility index (Phi) is 2.89. The number of methoxy groups -OCH3 is 1. The molecular weight excluding hydrogens is 188 g/mol. The van der Waals surface area contributed by atoms with Crippen LogP contribution in [0.15, 0.2) is 18.2 Å². The van der Waals surface area contributed by atoms with Gasteiger partial charge in [-0.3, -0.25) is 0 Å². The first kappa shape index (κ1) is 10.0. The number of ether oxygens (including phenoxy) is 1. The summed E-state index contributed by atoms with van der Waals surface area (Å²) in [4.78, 5) is 0. The average Bonchev–Trinajstić information content (AvgIpc) is 2.81. The molecule has 2 rings (SSSR count). The smallest absolute Gasteiger partial charge is 0.136 e. The van der Waals surface area contributed by atoms with Crippen molar-refractivity contribution in [2.24, 2.45) is 0 Å². The van der Waals surface area contributed by atoms with E-state index in [1.165, 1.54) is 5.56 Å². The van der Waals surface area contributed by atoms with Gasteiger partial charge in [0, 0.05) is 6.54 Å². The number of hydrogen-bond donors (Lipinski definition) is 1. The lowest BCUT2D eigenvalue weighted by atomic mass is 9.96. The van der Waals surface area contributed by atoms with E-state index >= 15 is 0 Å².